The van der Waals surface area contributed by atoms with Gasteiger partial charge in [-0.3, -0.25) is 0 Å². The van der Waals surface area contributed by atoms with Gasteiger partial charge in [0.1, 0.15) is 5.75 Å². The van der Waals surface area contributed by atoms with Gasteiger partial charge >= 0.3 is 0 Å². The van der Waals surface area contributed by atoms with Crippen LogP contribution in [0.1, 0.15) is 18.1 Å². The third-order valence-electron chi connectivity index (χ3n) is 4.12. The van der Waals surface area contributed by atoms with Gasteiger partial charge in [-0.25, -0.2) is 10.0 Å². The second-order valence-corrected chi connectivity index (χ2v) is 6.36. The number of guanidine groups is 1. The molecule has 1 atom stereocenters. The van der Waals surface area contributed by atoms with Crippen LogP contribution in [-0.4, -0.2) is 30.3 Å². The molecule has 0 amide bonds. The second kappa shape index (κ2) is 7.57. The lowest BCUT2D eigenvalue weighted by Crippen LogP contribution is -2.32. The fourth-order valence-corrected chi connectivity index (χ4v) is 3.09. The van der Waals surface area contributed by atoms with E-state index in [4.69, 9.17) is 22.1 Å². The van der Waals surface area contributed by atoms with Crippen LogP contribution in [0.2, 0.25) is 5.02 Å². The van der Waals surface area contributed by atoms with Gasteiger partial charge in [0, 0.05) is 11.5 Å². The van der Waals surface area contributed by atoms with E-state index in [9.17, 15) is 0 Å². The highest BCUT2D eigenvalue weighted by Gasteiger charge is 2.28. The molecule has 1 aliphatic heterocycles. The van der Waals surface area contributed by atoms with Gasteiger partial charge < -0.3 is 10.5 Å². The van der Waals surface area contributed by atoms with Crippen molar-refractivity contribution in [1.29, 1.82) is 0 Å². The molecule has 2 aromatic carbocycles. The molecule has 0 aliphatic carbocycles. The molecule has 2 aromatic rings. The molecule has 0 bridgehead atoms. The van der Waals surface area contributed by atoms with E-state index in [0.29, 0.717) is 29.8 Å². The van der Waals surface area contributed by atoms with Crippen molar-refractivity contribution >= 4 is 23.3 Å². The van der Waals surface area contributed by atoms with Crippen LogP contribution in [0.25, 0.3) is 0 Å². The molecule has 0 aromatic heterocycles. The maximum atomic E-state index is 6.23. The first-order chi connectivity index (χ1) is 12.1. The van der Waals surface area contributed by atoms with Gasteiger partial charge in [0.2, 0.25) is 5.96 Å². The van der Waals surface area contributed by atoms with Crippen LogP contribution in [0.4, 0.5) is 0 Å². The van der Waals surface area contributed by atoms with E-state index >= 15 is 0 Å². The smallest absolute Gasteiger partial charge is 0.212 e. The van der Waals surface area contributed by atoms with Crippen LogP contribution >= 0.6 is 11.6 Å². The number of aliphatic imine (C=N–C) groups is 1. The van der Waals surface area contributed by atoms with Gasteiger partial charge in [-0.15, -0.1) is 0 Å². The molecule has 1 aliphatic rings. The molecule has 0 spiro atoms. The molecule has 2 N–H and O–H groups in total. The molecule has 5 nitrogen and oxygen atoms in total. The fraction of sp³-hybridized carbons (Fsp3) is 0.263. The average Bonchev–Trinajstić information content (AvgIpc) is 3.02. The van der Waals surface area contributed by atoms with E-state index in [1.807, 2.05) is 42.5 Å². The van der Waals surface area contributed by atoms with Gasteiger partial charge in [-0.1, -0.05) is 54.9 Å². The van der Waals surface area contributed by atoms with Crippen LogP contribution in [0.5, 0.6) is 5.75 Å². The molecule has 0 saturated carbocycles. The lowest BCUT2D eigenvalue weighted by atomic mass is 9.98. The Labute approximate surface area is 152 Å². The number of methoxy groups -OCH3 is 1. The molecule has 25 heavy (non-hydrogen) atoms. The van der Waals surface area contributed by atoms with Gasteiger partial charge in [0.25, 0.3) is 0 Å². The number of benzene rings is 2. The predicted molar refractivity (Wildman–Crippen MR) is 102 cm³/mol. The zero-order chi connectivity index (χ0) is 17.8. The predicted octanol–water partition coefficient (Wildman–Crippen LogP) is 3.52. The SMILES string of the molecule is COc1c(Cl)cccc1C1=NN(C(N)=NCc2ccccc2)CC1C. The van der Waals surface area contributed by atoms with Gasteiger partial charge in [0.15, 0.2) is 0 Å². The Morgan fingerprint density at radius 3 is 2.76 bits per heavy atom. The van der Waals surface area contributed by atoms with Crippen LogP contribution in [-0.2, 0) is 6.54 Å². The van der Waals surface area contributed by atoms with Crippen LogP contribution < -0.4 is 10.5 Å². The highest BCUT2D eigenvalue weighted by molar-refractivity contribution is 6.32. The average molecular weight is 357 g/mol. The number of nitrogens with two attached hydrogens (primary N) is 1. The summed E-state index contributed by atoms with van der Waals surface area (Å²) in [5, 5.41) is 6.96. The minimum atomic E-state index is 0.192. The summed E-state index contributed by atoms with van der Waals surface area (Å²) in [6.45, 7) is 3.31. The standard InChI is InChI=1S/C19H21ClN4O/c1-13-12-24(19(21)22-11-14-7-4-3-5-8-14)23-17(13)15-9-6-10-16(20)18(15)25-2/h3-10,13H,11-12H2,1-2H3,(H2,21,22). The van der Waals surface area contributed by atoms with E-state index in [0.717, 1.165) is 16.8 Å². The van der Waals surface area contributed by atoms with Crippen molar-refractivity contribution in [2.45, 2.75) is 13.5 Å². The molecular weight excluding hydrogens is 336 g/mol. The highest BCUT2D eigenvalue weighted by atomic mass is 35.5. The van der Waals surface area contributed by atoms with Crippen molar-refractivity contribution in [3.05, 3.63) is 64.7 Å². The quantitative estimate of drug-likeness (QED) is 0.673. The lowest BCUT2D eigenvalue weighted by molar-refractivity contribution is 0.414. The molecule has 3 rings (SSSR count). The summed E-state index contributed by atoms with van der Waals surface area (Å²) in [5.41, 5.74) is 9.04. The van der Waals surface area contributed by atoms with Crippen LogP contribution in [0.3, 0.4) is 0 Å². The van der Waals surface area contributed by atoms with Gasteiger partial charge in [-0.05, 0) is 17.7 Å². The Balaban J connectivity index is 1.83. The zero-order valence-corrected chi connectivity index (χ0v) is 15.1. The number of hydrogen-bond donors (Lipinski definition) is 1. The maximum Gasteiger partial charge on any atom is 0.212 e. The molecule has 0 saturated heterocycles. The minimum Gasteiger partial charge on any atom is -0.494 e. The Morgan fingerprint density at radius 2 is 2.04 bits per heavy atom. The summed E-state index contributed by atoms with van der Waals surface area (Å²) < 4.78 is 5.45. The van der Waals surface area contributed by atoms with E-state index in [-0.39, 0.29) is 5.92 Å². The Kier molecular flexibility index (Phi) is 5.24. The Hall–Kier alpha value is -2.53. The molecule has 0 fully saturated rings. The molecule has 6 heteroatoms. The van der Waals surface area contributed by atoms with Gasteiger partial charge in [0.05, 0.1) is 30.9 Å². The summed E-state index contributed by atoms with van der Waals surface area (Å²) in [4.78, 5) is 4.46. The molecule has 0 radical (unpaired) electrons. The zero-order valence-electron chi connectivity index (χ0n) is 14.3. The Morgan fingerprint density at radius 1 is 1.28 bits per heavy atom. The largest absolute Gasteiger partial charge is 0.494 e. The maximum absolute atomic E-state index is 6.23. The van der Waals surface area contributed by atoms with Crippen molar-refractivity contribution in [2.75, 3.05) is 13.7 Å². The summed E-state index contributed by atoms with van der Waals surface area (Å²) in [6, 6.07) is 15.7. The lowest BCUT2D eigenvalue weighted by Gasteiger charge is -2.13. The number of rotatable bonds is 4. The third kappa shape index (κ3) is 3.77. The van der Waals surface area contributed by atoms with Crippen molar-refractivity contribution < 1.29 is 4.74 Å². The molecule has 1 unspecified atom stereocenters. The van der Waals surface area contributed by atoms with Crippen molar-refractivity contribution in [1.82, 2.24) is 5.01 Å². The fourth-order valence-electron chi connectivity index (χ4n) is 2.83. The van der Waals surface area contributed by atoms with Crippen molar-refractivity contribution in [2.24, 2.45) is 21.7 Å². The number of halogens is 1. The van der Waals surface area contributed by atoms with E-state index in [1.165, 1.54) is 0 Å². The van der Waals surface area contributed by atoms with Crippen LogP contribution in [0.15, 0.2) is 58.6 Å². The van der Waals surface area contributed by atoms with E-state index in [2.05, 4.69) is 17.0 Å². The van der Waals surface area contributed by atoms with E-state index < -0.39 is 0 Å². The molecular formula is C19H21ClN4O. The second-order valence-electron chi connectivity index (χ2n) is 5.95. The number of ether oxygens (including phenoxy) is 1. The van der Waals surface area contributed by atoms with Crippen molar-refractivity contribution in [3.8, 4) is 5.75 Å². The number of hydrazone groups is 1. The van der Waals surface area contributed by atoms with E-state index in [1.54, 1.807) is 18.2 Å². The monoisotopic (exact) mass is 356 g/mol. The molecule has 1 heterocycles. The topological polar surface area (TPSA) is 63.2 Å². The number of nitrogens with zero attached hydrogens (tertiary/aromatic N) is 3. The van der Waals surface area contributed by atoms with Crippen molar-refractivity contribution in [3.63, 3.8) is 0 Å². The minimum absolute atomic E-state index is 0.192. The first-order valence-electron chi connectivity index (χ1n) is 8.13. The third-order valence-corrected chi connectivity index (χ3v) is 4.42. The Bertz CT molecular complexity index is 804. The summed E-state index contributed by atoms with van der Waals surface area (Å²) >= 11 is 6.23. The molecule has 130 valence electrons. The number of para-hydroxylation sites is 1. The summed E-state index contributed by atoms with van der Waals surface area (Å²) in [7, 11) is 1.61. The normalized spacial score (nSPS) is 17.6. The van der Waals surface area contributed by atoms with Crippen LogP contribution in [0, 0.1) is 5.92 Å². The number of hydrogen-bond acceptors (Lipinski definition) is 3. The summed E-state index contributed by atoms with van der Waals surface area (Å²) in [6.07, 6.45) is 0. The summed E-state index contributed by atoms with van der Waals surface area (Å²) in [5.74, 6) is 1.24. The first kappa shape index (κ1) is 17.3. The first-order valence-corrected chi connectivity index (χ1v) is 8.50. The highest BCUT2D eigenvalue weighted by Crippen LogP contribution is 2.32. The van der Waals surface area contributed by atoms with Gasteiger partial charge in [-0.2, -0.15) is 5.10 Å².